The van der Waals surface area contributed by atoms with Gasteiger partial charge in [0.2, 0.25) is 5.88 Å². The lowest BCUT2D eigenvalue weighted by Crippen LogP contribution is -2.28. The summed E-state index contributed by atoms with van der Waals surface area (Å²) in [4.78, 5) is 29.5. The fraction of sp³-hybridized carbons (Fsp3) is 0.250. The zero-order valence-electron chi connectivity index (χ0n) is 16.6. The SMILES string of the molecule is COc1nn(C)cc1C(=O)NCCn1ncc2c(=O)n(Cc3ccccc3)cnc21. The second-order valence-electron chi connectivity index (χ2n) is 6.75. The molecule has 0 aliphatic carbocycles. The van der Waals surface area contributed by atoms with Crippen LogP contribution < -0.4 is 15.6 Å². The van der Waals surface area contributed by atoms with Gasteiger partial charge in [-0.2, -0.15) is 5.10 Å². The Bertz CT molecular complexity index is 1240. The van der Waals surface area contributed by atoms with E-state index in [1.54, 1.807) is 22.5 Å². The number of methoxy groups -OCH3 is 1. The Morgan fingerprint density at radius 1 is 1.23 bits per heavy atom. The summed E-state index contributed by atoms with van der Waals surface area (Å²) in [7, 11) is 3.18. The Balaban J connectivity index is 1.46. The number of hydrogen-bond acceptors (Lipinski definition) is 6. The van der Waals surface area contributed by atoms with Gasteiger partial charge in [0.1, 0.15) is 17.3 Å². The van der Waals surface area contributed by atoms with E-state index in [0.29, 0.717) is 36.2 Å². The Morgan fingerprint density at radius 3 is 2.80 bits per heavy atom. The second-order valence-corrected chi connectivity index (χ2v) is 6.75. The monoisotopic (exact) mass is 407 g/mol. The van der Waals surface area contributed by atoms with Gasteiger partial charge in [-0.1, -0.05) is 30.3 Å². The number of fused-ring (bicyclic) bond motifs is 1. The van der Waals surface area contributed by atoms with E-state index in [0.717, 1.165) is 5.56 Å². The molecule has 1 amide bonds. The van der Waals surface area contributed by atoms with Gasteiger partial charge in [-0.25, -0.2) is 9.67 Å². The summed E-state index contributed by atoms with van der Waals surface area (Å²) in [5.74, 6) is -0.0326. The molecule has 0 fully saturated rings. The number of aromatic nitrogens is 6. The number of carbonyl (C=O) groups excluding carboxylic acids is 1. The largest absolute Gasteiger partial charge is 0.479 e. The number of ether oxygens (including phenoxy) is 1. The van der Waals surface area contributed by atoms with Crippen molar-refractivity contribution >= 4 is 16.9 Å². The topological polar surface area (TPSA) is 109 Å². The Morgan fingerprint density at radius 2 is 2.03 bits per heavy atom. The molecule has 3 aromatic heterocycles. The standard InChI is InChI=1S/C20H21N7O3/c1-25-12-16(19(24-25)30-2)18(28)21-8-9-27-17-15(10-23-27)20(29)26(13-22-17)11-14-6-4-3-5-7-14/h3-7,10,12-13H,8-9,11H2,1-2H3,(H,21,28). The first-order valence-electron chi connectivity index (χ1n) is 9.37. The van der Waals surface area contributed by atoms with Crippen molar-refractivity contribution in [3.63, 3.8) is 0 Å². The highest BCUT2D eigenvalue weighted by Crippen LogP contribution is 2.14. The molecule has 0 saturated heterocycles. The van der Waals surface area contributed by atoms with Gasteiger partial charge in [-0.05, 0) is 5.56 Å². The van der Waals surface area contributed by atoms with E-state index in [1.807, 2.05) is 30.3 Å². The van der Waals surface area contributed by atoms with Crippen molar-refractivity contribution in [2.45, 2.75) is 13.1 Å². The first-order chi connectivity index (χ1) is 14.6. The van der Waals surface area contributed by atoms with Crippen molar-refractivity contribution < 1.29 is 9.53 Å². The molecule has 3 heterocycles. The van der Waals surface area contributed by atoms with Gasteiger partial charge in [0.05, 0.1) is 26.4 Å². The van der Waals surface area contributed by atoms with Crippen LogP contribution >= 0.6 is 0 Å². The molecule has 30 heavy (non-hydrogen) atoms. The molecule has 154 valence electrons. The molecule has 1 N–H and O–H groups in total. The third kappa shape index (κ3) is 3.79. The molecule has 0 spiro atoms. The van der Waals surface area contributed by atoms with Gasteiger partial charge >= 0.3 is 0 Å². The lowest BCUT2D eigenvalue weighted by Gasteiger charge is -2.07. The van der Waals surface area contributed by atoms with E-state index in [-0.39, 0.29) is 17.3 Å². The number of nitrogens with zero attached hydrogens (tertiary/aromatic N) is 6. The molecule has 0 radical (unpaired) electrons. The van der Waals surface area contributed by atoms with Gasteiger partial charge < -0.3 is 10.1 Å². The summed E-state index contributed by atoms with van der Waals surface area (Å²) in [6.07, 6.45) is 4.63. The molecule has 10 nitrogen and oxygen atoms in total. The quantitative estimate of drug-likeness (QED) is 0.486. The number of carbonyl (C=O) groups is 1. The number of rotatable bonds is 7. The summed E-state index contributed by atoms with van der Waals surface area (Å²) >= 11 is 0. The highest BCUT2D eigenvalue weighted by molar-refractivity contribution is 5.96. The zero-order chi connectivity index (χ0) is 21.1. The van der Waals surface area contributed by atoms with Crippen molar-refractivity contribution in [2.24, 2.45) is 7.05 Å². The lowest BCUT2D eigenvalue weighted by molar-refractivity contribution is 0.0949. The molecule has 0 unspecified atom stereocenters. The van der Waals surface area contributed by atoms with E-state index in [1.165, 1.54) is 24.3 Å². The molecule has 10 heteroatoms. The van der Waals surface area contributed by atoms with Crippen LogP contribution in [0.2, 0.25) is 0 Å². The summed E-state index contributed by atoms with van der Waals surface area (Å²) in [5.41, 5.74) is 1.70. The highest BCUT2D eigenvalue weighted by Gasteiger charge is 2.16. The van der Waals surface area contributed by atoms with E-state index in [4.69, 9.17) is 4.74 Å². The van der Waals surface area contributed by atoms with Crippen molar-refractivity contribution in [3.8, 4) is 5.88 Å². The highest BCUT2D eigenvalue weighted by atomic mass is 16.5. The van der Waals surface area contributed by atoms with Crippen LogP contribution in [0.25, 0.3) is 11.0 Å². The molecule has 0 aliphatic heterocycles. The van der Waals surface area contributed by atoms with Crippen LogP contribution in [0.15, 0.2) is 53.8 Å². The van der Waals surface area contributed by atoms with Crippen molar-refractivity contribution in [3.05, 3.63) is 70.5 Å². The van der Waals surface area contributed by atoms with Crippen molar-refractivity contribution in [1.29, 1.82) is 0 Å². The maximum Gasteiger partial charge on any atom is 0.264 e. The molecule has 4 aromatic rings. The number of amides is 1. The maximum absolute atomic E-state index is 12.8. The molecule has 0 atom stereocenters. The lowest BCUT2D eigenvalue weighted by atomic mass is 10.2. The zero-order valence-corrected chi connectivity index (χ0v) is 16.6. The predicted molar refractivity (Wildman–Crippen MR) is 109 cm³/mol. The van der Waals surface area contributed by atoms with Gasteiger partial charge in [-0.3, -0.25) is 18.8 Å². The number of aryl methyl sites for hydroxylation is 1. The first-order valence-corrected chi connectivity index (χ1v) is 9.37. The van der Waals surface area contributed by atoms with Crippen LogP contribution in [0.3, 0.4) is 0 Å². The number of benzene rings is 1. The van der Waals surface area contributed by atoms with Crippen LogP contribution in [0, 0.1) is 0 Å². The molecule has 0 bridgehead atoms. The van der Waals surface area contributed by atoms with E-state index >= 15 is 0 Å². The van der Waals surface area contributed by atoms with Crippen LogP contribution in [-0.2, 0) is 20.1 Å². The average molecular weight is 407 g/mol. The second kappa shape index (κ2) is 8.19. The molecule has 4 rings (SSSR count). The number of nitrogens with one attached hydrogen (secondary N) is 1. The minimum absolute atomic E-state index is 0.153. The van der Waals surface area contributed by atoms with Gasteiger partial charge in [0.15, 0.2) is 5.65 Å². The minimum Gasteiger partial charge on any atom is -0.479 e. The molecule has 1 aromatic carbocycles. The van der Waals surface area contributed by atoms with Gasteiger partial charge in [0, 0.05) is 19.8 Å². The van der Waals surface area contributed by atoms with Crippen LogP contribution in [0.5, 0.6) is 5.88 Å². The summed E-state index contributed by atoms with van der Waals surface area (Å²) in [6.45, 7) is 1.12. The summed E-state index contributed by atoms with van der Waals surface area (Å²) in [6, 6.07) is 9.71. The maximum atomic E-state index is 12.8. The van der Waals surface area contributed by atoms with Gasteiger partial charge in [-0.15, -0.1) is 5.10 Å². The minimum atomic E-state index is -0.297. The molecule has 0 saturated carbocycles. The Kier molecular flexibility index (Phi) is 5.29. The fourth-order valence-corrected chi connectivity index (χ4v) is 3.20. The van der Waals surface area contributed by atoms with E-state index in [2.05, 4.69) is 20.5 Å². The normalized spacial score (nSPS) is 11.0. The van der Waals surface area contributed by atoms with Gasteiger partial charge in [0.25, 0.3) is 11.5 Å². The molecule has 0 aliphatic rings. The van der Waals surface area contributed by atoms with E-state index in [9.17, 15) is 9.59 Å². The van der Waals surface area contributed by atoms with Crippen LogP contribution in [0.1, 0.15) is 15.9 Å². The van der Waals surface area contributed by atoms with E-state index < -0.39 is 0 Å². The molecular weight excluding hydrogens is 386 g/mol. The predicted octanol–water partition coefficient (Wildman–Crippen LogP) is 0.813. The first kappa shape index (κ1) is 19.4. The van der Waals surface area contributed by atoms with Crippen molar-refractivity contribution in [2.75, 3.05) is 13.7 Å². The Hall–Kier alpha value is -3.95. The third-order valence-corrected chi connectivity index (χ3v) is 4.66. The Labute approximate surface area is 171 Å². The van der Waals surface area contributed by atoms with Crippen LogP contribution in [0.4, 0.5) is 0 Å². The number of hydrogen-bond donors (Lipinski definition) is 1. The van der Waals surface area contributed by atoms with Crippen LogP contribution in [-0.4, -0.2) is 48.7 Å². The fourth-order valence-electron chi connectivity index (χ4n) is 3.20. The summed E-state index contributed by atoms with van der Waals surface area (Å²) in [5, 5.41) is 11.6. The summed E-state index contributed by atoms with van der Waals surface area (Å²) < 4.78 is 9.78. The van der Waals surface area contributed by atoms with Crippen molar-refractivity contribution in [1.82, 2.24) is 34.4 Å². The smallest absolute Gasteiger partial charge is 0.264 e. The third-order valence-electron chi connectivity index (χ3n) is 4.66. The molecular formula is C20H21N7O3. The average Bonchev–Trinajstić information content (AvgIpc) is 3.34.